The molecule has 3 heteroatoms. The van der Waals surface area contributed by atoms with Crippen molar-refractivity contribution in [2.24, 2.45) is 0 Å². The number of hydrogen-bond acceptors (Lipinski definition) is 1. The van der Waals surface area contributed by atoms with Gasteiger partial charge in [-0.3, -0.25) is 0 Å². The van der Waals surface area contributed by atoms with Crippen molar-refractivity contribution >= 4 is 27.5 Å². The highest BCUT2D eigenvalue weighted by molar-refractivity contribution is 9.10. The van der Waals surface area contributed by atoms with Crippen LogP contribution in [0.4, 0.5) is 0 Å². The summed E-state index contributed by atoms with van der Waals surface area (Å²) in [6.45, 7) is 0. The van der Waals surface area contributed by atoms with Crippen molar-refractivity contribution in [3.05, 3.63) is 23.3 Å². The molecule has 50 valence electrons. The van der Waals surface area contributed by atoms with Gasteiger partial charge in [-0.15, -0.1) is 0 Å². The van der Waals surface area contributed by atoms with Gasteiger partial charge >= 0.3 is 0 Å². The second-order valence-corrected chi connectivity index (χ2v) is 3.83. The molecule has 1 aliphatic rings. The second-order valence-electron chi connectivity index (χ2n) is 1.97. The molecule has 1 rings (SSSR count). The van der Waals surface area contributed by atoms with E-state index < -0.39 is 4.51 Å². The van der Waals surface area contributed by atoms with Crippen molar-refractivity contribution < 1.29 is 5.11 Å². The van der Waals surface area contributed by atoms with E-state index in [1.807, 2.05) is 0 Å². The van der Waals surface area contributed by atoms with E-state index in [1.165, 1.54) is 0 Å². The van der Waals surface area contributed by atoms with Gasteiger partial charge in [0.15, 0.2) is 0 Å². The first-order valence-electron chi connectivity index (χ1n) is 2.55. The van der Waals surface area contributed by atoms with Crippen LogP contribution >= 0.6 is 27.5 Å². The Balaban J connectivity index is 2.73. The van der Waals surface area contributed by atoms with Gasteiger partial charge in [0, 0.05) is 11.5 Å². The molecule has 0 saturated carbocycles. The molecule has 0 aromatic heterocycles. The molecular weight excluding hydrogens is 203 g/mol. The molecule has 1 nitrogen and oxygen atoms in total. The largest absolute Gasteiger partial charge is 0.375 e. The number of allylic oxidation sites excluding steroid dienone is 2. The maximum Gasteiger partial charge on any atom is 0.143 e. The molecule has 1 aliphatic carbocycles. The van der Waals surface area contributed by atoms with E-state index in [-0.39, 0.29) is 0 Å². The summed E-state index contributed by atoms with van der Waals surface area (Å²) in [5, 5.41) is 9.91. The minimum absolute atomic E-state index is 0.449. The average Bonchev–Trinajstić information content (AvgIpc) is 1.60. The Kier molecular flexibility index (Phi) is 1.99. The number of rotatable bonds is 0. The van der Waals surface area contributed by atoms with Crippen LogP contribution in [-0.2, 0) is 0 Å². The maximum atomic E-state index is 9.25. The molecule has 0 radical (unpaired) electrons. The molecular formula is C6H6BrClO. The van der Waals surface area contributed by atoms with E-state index in [9.17, 15) is 5.11 Å². The van der Waals surface area contributed by atoms with Crippen LogP contribution in [0.15, 0.2) is 23.3 Å². The van der Waals surface area contributed by atoms with Crippen LogP contribution in [0.3, 0.4) is 0 Å². The summed E-state index contributed by atoms with van der Waals surface area (Å²) in [7, 11) is 0. The minimum atomic E-state index is -0.918. The lowest BCUT2D eigenvalue weighted by Gasteiger charge is -2.18. The lowest BCUT2D eigenvalue weighted by Crippen LogP contribution is -2.17. The predicted octanol–water partition coefficient (Wildman–Crippen LogP) is 2.15. The van der Waals surface area contributed by atoms with Crippen LogP contribution in [0.25, 0.3) is 0 Å². The third-order valence-electron chi connectivity index (χ3n) is 1.05. The van der Waals surface area contributed by atoms with Crippen LogP contribution in [0.5, 0.6) is 0 Å². The van der Waals surface area contributed by atoms with Crippen LogP contribution < -0.4 is 0 Å². The van der Waals surface area contributed by atoms with E-state index in [4.69, 9.17) is 11.6 Å². The Bertz CT molecular complexity index is 172. The molecule has 0 fully saturated rings. The summed E-state index contributed by atoms with van der Waals surface area (Å²) in [6, 6.07) is 0. The Morgan fingerprint density at radius 2 is 2.44 bits per heavy atom. The number of alkyl halides is 1. The monoisotopic (exact) mass is 208 g/mol. The summed E-state index contributed by atoms with van der Waals surface area (Å²) in [6.07, 6.45) is 5.59. The van der Waals surface area contributed by atoms with Gasteiger partial charge in [0.05, 0.1) is 0 Å². The average molecular weight is 209 g/mol. The summed E-state index contributed by atoms with van der Waals surface area (Å²) in [5.41, 5.74) is 0. The van der Waals surface area contributed by atoms with Crippen LogP contribution in [0, 0.1) is 0 Å². The van der Waals surface area contributed by atoms with Crippen molar-refractivity contribution in [2.45, 2.75) is 10.9 Å². The molecule has 0 spiro atoms. The highest BCUT2D eigenvalue weighted by Crippen LogP contribution is 2.29. The molecule has 0 saturated heterocycles. The van der Waals surface area contributed by atoms with Gasteiger partial charge in [-0.2, -0.15) is 0 Å². The number of hydrogen-bond donors (Lipinski definition) is 1. The molecule has 0 aromatic rings. The number of halogens is 2. The summed E-state index contributed by atoms with van der Waals surface area (Å²) >= 11 is 8.70. The van der Waals surface area contributed by atoms with E-state index in [0.717, 1.165) is 0 Å². The topological polar surface area (TPSA) is 20.2 Å². The zero-order valence-electron chi connectivity index (χ0n) is 4.64. The van der Waals surface area contributed by atoms with Crippen molar-refractivity contribution in [1.29, 1.82) is 0 Å². The molecule has 0 heterocycles. The molecule has 0 aromatic carbocycles. The molecule has 0 aliphatic heterocycles. The quantitative estimate of drug-likeness (QED) is 0.606. The lowest BCUT2D eigenvalue weighted by molar-refractivity contribution is 0.196. The van der Waals surface area contributed by atoms with E-state index in [1.54, 1.807) is 18.2 Å². The standard InChI is InChI=1S/C6H6BrClO/c7-6(9)3-1-2-5(8)4-6/h1-3,9H,4H2/t6-/m1/s1. The first-order chi connectivity index (χ1) is 4.10. The molecule has 9 heavy (non-hydrogen) atoms. The van der Waals surface area contributed by atoms with Crippen molar-refractivity contribution in [1.82, 2.24) is 0 Å². The van der Waals surface area contributed by atoms with E-state index in [0.29, 0.717) is 11.5 Å². The lowest BCUT2D eigenvalue weighted by atomic mass is 10.1. The number of aliphatic hydroxyl groups is 1. The van der Waals surface area contributed by atoms with Gasteiger partial charge in [-0.05, 0) is 28.1 Å². The molecule has 1 atom stereocenters. The highest BCUT2D eigenvalue weighted by atomic mass is 79.9. The zero-order valence-corrected chi connectivity index (χ0v) is 6.98. The van der Waals surface area contributed by atoms with Gasteiger partial charge in [-0.25, -0.2) is 0 Å². The Morgan fingerprint density at radius 1 is 1.78 bits per heavy atom. The van der Waals surface area contributed by atoms with Crippen molar-refractivity contribution in [2.75, 3.05) is 0 Å². The van der Waals surface area contributed by atoms with Crippen LogP contribution in [0.2, 0.25) is 0 Å². The fourth-order valence-corrected chi connectivity index (χ4v) is 1.55. The molecule has 0 bridgehead atoms. The van der Waals surface area contributed by atoms with Gasteiger partial charge in [0.1, 0.15) is 4.51 Å². The Labute approximate surface area is 67.1 Å². The second kappa shape index (κ2) is 2.45. The van der Waals surface area contributed by atoms with Crippen molar-refractivity contribution in [3.8, 4) is 0 Å². The van der Waals surface area contributed by atoms with Gasteiger partial charge in [0.25, 0.3) is 0 Å². The fraction of sp³-hybridized carbons (Fsp3) is 0.333. The van der Waals surface area contributed by atoms with Gasteiger partial charge in [0.2, 0.25) is 0 Å². The molecule has 0 amide bonds. The van der Waals surface area contributed by atoms with Crippen LogP contribution in [-0.4, -0.2) is 9.62 Å². The van der Waals surface area contributed by atoms with Gasteiger partial charge in [-0.1, -0.05) is 17.7 Å². The van der Waals surface area contributed by atoms with Crippen molar-refractivity contribution in [3.63, 3.8) is 0 Å². The first-order valence-corrected chi connectivity index (χ1v) is 3.72. The Morgan fingerprint density at radius 3 is 2.78 bits per heavy atom. The third kappa shape index (κ3) is 2.12. The van der Waals surface area contributed by atoms with Gasteiger partial charge < -0.3 is 5.11 Å². The molecule has 0 unspecified atom stereocenters. The SMILES string of the molecule is O[C@]1(Br)C=CC=C(Cl)C1. The summed E-state index contributed by atoms with van der Waals surface area (Å²) in [4.78, 5) is 0. The summed E-state index contributed by atoms with van der Waals surface area (Å²) < 4.78 is -0.918. The zero-order chi connectivity index (χ0) is 6.91. The normalized spacial score (nSPS) is 34.3. The summed E-state index contributed by atoms with van der Waals surface area (Å²) in [5.74, 6) is 0. The fourth-order valence-electron chi connectivity index (χ4n) is 0.655. The van der Waals surface area contributed by atoms with Crippen LogP contribution in [0.1, 0.15) is 6.42 Å². The smallest absolute Gasteiger partial charge is 0.143 e. The molecule has 1 N–H and O–H groups in total. The maximum absolute atomic E-state index is 9.25. The van der Waals surface area contributed by atoms with E-state index in [2.05, 4.69) is 15.9 Å². The first kappa shape index (κ1) is 7.32. The highest BCUT2D eigenvalue weighted by Gasteiger charge is 2.21. The third-order valence-corrected chi connectivity index (χ3v) is 1.85. The predicted molar refractivity (Wildman–Crippen MR) is 41.6 cm³/mol. The Hall–Kier alpha value is 0.210. The van der Waals surface area contributed by atoms with E-state index >= 15 is 0 Å². The minimum Gasteiger partial charge on any atom is -0.375 e.